The van der Waals surface area contributed by atoms with E-state index in [-0.39, 0.29) is 0 Å². The summed E-state index contributed by atoms with van der Waals surface area (Å²) in [4.78, 5) is 0. The summed E-state index contributed by atoms with van der Waals surface area (Å²) >= 11 is 0. The Labute approximate surface area is 260 Å². The summed E-state index contributed by atoms with van der Waals surface area (Å²) in [5, 5.41) is 79.8. The molecule has 2 unspecified atom stereocenters. The molecular formula is C32H54O12. The lowest BCUT2D eigenvalue weighted by atomic mass is 9.96. The van der Waals surface area contributed by atoms with Gasteiger partial charge in [0.1, 0.15) is 48.8 Å². The fourth-order valence-corrected chi connectivity index (χ4v) is 5.16. The summed E-state index contributed by atoms with van der Waals surface area (Å²) in [6.45, 7) is 12.4. The van der Waals surface area contributed by atoms with Crippen molar-refractivity contribution in [3.8, 4) is 0 Å². The zero-order chi connectivity index (χ0) is 33.2. The topological polar surface area (TPSA) is 199 Å². The van der Waals surface area contributed by atoms with Crippen LogP contribution in [0.4, 0.5) is 0 Å². The lowest BCUT2D eigenvalue weighted by Gasteiger charge is -2.42. The monoisotopic (exact) mass is 630 g/mol. The Hall–Kier alpha value is -1.52. The van der Waals surface area contributed by atoms with E-state index in [1.54, 1.807) is 13.0 Å². The molecule has 0 amide bonds. The molecule has 2 aliphatic heterocycles. The van der Waals surface area contributed by atoms with Crippen LogP contribution in [0.1, 0.15) is 66.7 Å². The Morgan fingerprint density at radius 3 is 1.82 bits per heavy atom. The molecule has 0 aromatic heterocycles. The van der Waals surface area contributed by atoms with E-state index in [2.05, 4.69) is 18.7 Å². The van der Waals surface area contributed by atoms with Gasteiger partial charge in [-0.2, -0.15) is 0 Å². The fourth-order valence-electron chi connectivity index (χ4n) is 5.16. The second-order valence-corrected chi connectivity index (χ2v) is 12.3. The van der Waals surface area contributed by atoms with Gasteiger partial charge in [-0.15, -0.1) is 6.58 Å². The minimum absolute atomic E-state index is 0.463. The average molecular weight is 631 g/mol. The smallest absolute Gasteiger partial charge is 0.187 e. The van der Waals surface area contributed by atoms with Gasteiger partial charge in [-0.1, -0.05) is 41.0 Å². The maximum atomic E-state index is 10.4. The first-order valence-corrected chi connectivity index (χ1v) is 15.2. The van der Waals surface area contributed by atoms with Crippen LogP contribution in [0.2, 0.25) is 0 Å². The third kappa shape index (κ3) is 11.1. The highest BCUT2D eigenvalue weighted by Gasteiger charge is 2.46. The van der Waals surface area contributed by atoms with E-state index < -0.39 is 86.3 Å². The minimum atomic E-state index is -1.52. The first-order valence-electron chi connectivity index (χ1n) is 15.2. The van der Waals surface area contributed by atoms with Gasteiger partial charge in [0.05, 0.1) is 24.9 Å². The predicted octanol–water partition coefficient (Wildman–Crippen LogP) is 0.742. The molecule has 2 saturated heterocycles. The van der Waals surface area contributed by atoms with Gasteiger partial charge >= 0.3 is 0 Å². The van der Waals surface area contributed by atoms with Crippen LogP contribution < -0.4 is 0 Å². The second-order valence-electron chi connectivity index (χ2n) is 12.3. The molecule has 2 rings (SSSR count). The van der Waals surface area contributed by atoms with Gasteiger partial charge in [0.25, 0.3) is 0 Å². The zero-order valence-corrected chi connectivity index (χ0v) is 26.5. The van der Waals surface area contributed by atoms with Gasteiger partial charge in [0.15, 0.2) is 12.6 Å². The lowest BCUT2D eigenvalue weighted by molar-refractivity contribution is -0.319. The highest BCUT2D eigenvalue weighted by atomic mass is 16.7. The number of rotatable bonds is 16. The van der Waals surface area contributed by atoms with Gasteiger partial charge < -0.3 is 59.8 Å². The van der Waals surface area contributed by atoms with Crippen LogP contribution in [-0.2, 0) is 18.9 Å². The number of hydrogen-bond acceptors (Lipinski definition) is 12. The van der Waals surface area contributed by atoms with E-state index >= 15 is 0 Å². The number of allylic oxidation sites excluding steroid dienone is 4. The van der Waals surface area contributed by atoms with Crippen molar-refractivity contribution in [2.75, 3.05) is 13.2 Å². The molecule has 44 heavy (non-hydrogen) atoms. The highest BCUT2D eigenvalue weighted by molar-refractivity contribution is 5.09. The van der Waals surface area contributed by atoms with E-state index in [9.17, 15) is 40.9 Å². The van der Waals surface area contributed by atoms with Crippen molar-refractivity contribution in [3.63, 3.8) is 0 Å². The molecule has 0 aliphatic carbocycles. The van der Waals surface area contributed by atoms with Gasteiger partial charge in [-0.25, -0.2) is 0 Å². The standard InChI is InChI=1S/C32H54O12/c1-7-32(6,44-31-29(40)27(38)25(36)23(17-34)43-31)13-9-12-19(4)10-8-11-20(5)15-21(14-18(2)3)41-30-28(39)26(37)24(35)22(16-33)42-30/h7,11-12,14,21-31,33-40H,1,8-10,13,15-17H2,2-6H3/b19-12+,20-11+/t21?,22-,23-,24-,25-,26+,27+,28-,29-,30-,31+,32?/m1/s1. The van der Waals surface area contributed by atoms with Gasteiger partial charge in [-0.3, -0.25) is 0 Å². The average Bonchev–Trinajstić information content (AvgIpc) is 2.97. The van der Waals surface area contributed by atoms with Crippen molar-refractivity contribution >= 4 is 0 Å². The Morgan fingerprint density at radius 1 is 0.773 bits per heavy atom. The van der Waals surface area contributed by atoms with Gasteiger partial charge in [-0.05, 0) is 66.7 Å². The van der Waals surface area contributed by atoms with Crippen molar-refractivity contribution < 1.29 is 59.8 Å². The summed E-state index contributed by atoms with van der Waals surface area (Å²) in [6.07, 6.45) is -2.97. The molecule has 0 aromatic rings. The quantitative estimate of drug-likeness (QED) is 0.112. The molecule has 254 valence electrons. The maximum absolute atomic E-state index is 10.4. The molecule has 12 heteroatoms. The molecule has 0 aromatic carbocycles. The van der Waals surface area contributed by atoms with Crippen LogP contribution in [0.5, 0.6) is 0 Å². The Morgan fingerprint density at radius 2 is 1.30 bits per heavy atom. The minimum Gasteiger partial charge on any atom is -0.394 e. The first kappa shape index (κ1) is 38.7. The second kappa shape index (κ2) is 18.0. The van der Waals surface area contributed by atoms with Crippen LogP contribution in [-0.4, -0.2) is 127 Å². The van der Waals surface area contributed by atoms with Gasteiger partial charge in [0.2, 0.25) is 0 Å². The zero-order valence-electron chi connectivity index (χ0n) is 26.5. The third-order valence-electron chi connectivity index (χ3n) is 8.03. The summed E-state index contributed by atoms with van der Waals surface area (Å²) < 4.78 is 22.9. The van der Waals surface area contributed by atoms with E-state index in [0.29, 0.717) is 19.3 Å². The van der Waals surface area contributed by atoms with Crippen LogP contribution in [0.15, 0.2) is 47.6 Å². The van der Waals surface area contributed by atoms with Crippen molar-refractivity contribution in [1.82, 2.24) is 0 Å². The predicted molar refractivity (Wildman–Crippen MR) is 162 cm³/mol. The van der Waals surface area contributed by atoms with E-state index in [0.717, 1.165) is 29.6 Å². The molecule has 2 heterocycles. The molecule has 0 radical (unpaired) electrons. The number of ether oxygens (including phenoxy) is 4. The van der Waals surface area contributed by atoms with Gasteiger partial charge in [0, 0.05) is 0 Å². The molecular weight excluding hydrogens is 576 g/mol. The Bertz CT molecular complexity index is 974. The van der Waals surface area contributed by atoms with E-state index in [4.69, 9.17) is 18.9 Å². The highest BCUT2D eigenvalue weighted by Crippen LogP contribution is 2.30. The van der Waals surface area contributed by atoms with Crippen molar-refractivity contribution in [2.45, 2.75) is 140 Å². The molecule has 12 nitrogen and oxygen atoms in total. The SMILES string of the molecule is C=CC(C)(CC/C=C(\C)CC/C=C(\C)CC(C=C(C)C)O[C@@H]1O[C@H](CO)[C@@H](O)[C@H](O)[C@H]1O)O[C@@H]1O[C@H](CO)[C@@H](O)[C@H](O)[C@H]1O. The summed E-state index contributed by atoms with van der Waals surface area (Å²) in [7, 11) is 0. The first-order chi connectivity index (χ1) is 20.7. The van der Waals surface area contributed by atoms with Crippen LogP contribution in [0.3, 0.4) is 0 Å². The Balaban J connectivity index is 1.91. The Kier molecular flexibility index (Phi) is 15.8. The lowest BCUT2D eigenvalue weighted by Crippen LogP contribution is -2.60. The van der Waals surface area contributed by atoms with E-state index in [1.807, 2.05) is 33.8 Å². The molecule has 0 spiro atoms. The van der Waals surface area contributed by atoms with Crippen LogP contribution in [0.25, 0.3) is 0 Å². The van der Waals surface area contributed by atoms with Crippen molar-refractivity contribution in [1.29, 1.82) is 0 Å². The summed E-state index contributed by atoms with van der Waals surface area (Å²) in [5.41, 5.74) is 2.30. The summed E-state index contributed by atoms with van der Waals surface area (Å²) in [5.74, 6) is 0. The third-order valence-corrected chi connectivity index (χ3v) is 8.03. The molecule has 8 N–H and O–H groups in total. The van der Waals surface area contributed by atoms with Crippen molar-refractivity contribution in [2.24, 2.45) is 0 Å². The molecule has 12 atom stereocenters. The largest absolute Gasteiger partial charge is 0.394 e. The fraction of sp³-hybridized carbons (Fsp3) is 0.750. The van der Waals surface area contributed by atoms with Crippen LogP contribution >= 0.6 is 0 Å². The number of aliphatic hydroxyl groups is 8. The molecule has 0 saturated carbocycles. The number of hydrogen-bond donors (Lipinski definition) is 8. The normalized spacial score (nSPS) is 35.6. The molecule has 0 bridgehead atoms. The maximum Gasteiger partial charge on any atom is 0.187 e. The summed E-state index contributed by atoms with van der Waals surface area (Å²) in [6, 6.07) is 0. The molecule has 2 fully saturated rings. The molecule has 2 aliphatic rings. The number of aliphatic hydroxyl groups excluding tert-OH is 8. The van der Waals surface area contributed by atoms with Crippen LogP contribution in [0, 0.1) is 0 Å². The van der Waals surface area contributed by atoms with Crippen molar-refractivity contribution in [3.05, 3.63) is 47.6 Å². The van der Waals surface area contributed by atoms with E-state index in [1.165, 1.54) is 0 Å².